The third-order valence-electron chi connectivity index (χ3n) is 2.20. The van der Waals surface area contributed by atoms with E-state index in [1.807, 2.05) is 20.8 Å². The second-order valence-electron chi connectivity index (χ2n) is 5.42. The van der Waals surface area contributed by atoms with Gasteiger partial charge in [0.15, 0.2) is 5.96 Å². The van der Waals surface area contributed by atoms with Crippen LogP contribution in [0.4, 0.5) is 0 Å². The maximum atomic E-state index is 11.6. The Kier molecular flexibility index (Phi) is 13.1. The van der Waals surface area contributed by atoms with Crippen molar-refractivity contribution in [2.75, 3.05) is 40.4 Å². The topological polar surface area (TPSA) is 104 Å². The lowest BCUT2D eigenvalue weighted by molar-refractivity contribution is -0.121. The molecule has 0 radical (unpaired) electrons. The summed E-state index contributed by atoms with van der Waals surface area (Å²) in [5, 5.41) is 11.1. The van der Waals surface area contributed by atoms with Gasteiger partial charge in [0.05, 0.1) is 19.7 Å². The van der Waals surface area contributed by atoms with E-state index >= 15 is 0 Å². The van der Waals surface area contributed by atoms with Gasteiger partial charge in [0.25, 0.3) is 0 Å². The fraction of sp³-hybridized carbons (Fsp3) is 0.769. The summed E-state index contributed by atoms with van der Waals surface area (Å²) in [5.41, 5.74) is -0.281. The number of ether oxygens (including phenoxy) is 1. The third-order valence-corrected chi connectivity index (χ3v) is 2.20. The normalized spacial score (nSPS) is 11.2. The lowest BCUT2D eigenvalue weighted by Crippen LogP contribution is -2.49. The Labute approximate surface area is 149 Å². The predicted octanol–water partition coefficient (Wildman–Crippen LogP) is -0.553. The van der Waals surface area contributed by atoms with Crippen LogP contribution in [-0.2, 0) is 14.3 Å². The van der Waals surface area contributed by atoms with Crippen molar-refractivity contribution in [1.82, 2.24) is 21.3 Å². The minimum absolute atomic E-state index is 0. The Balaban J connectivity index is 0. The van der Waals surface area contributed by atoms with Crippen LogP contribution in [0.25, 0.3) is 0 Å². The van der Waals surface area contributed by atoms with E-state index in [9.17, 15) is 9.59 Å². The maximum Gasteiger partial charge on any atom is 0.239 e. The molecular weight excluding hydrogens is 401 g/mol. The highest BCUT2D eigenvalue weighted by atomic mass is 127. The highest BCUT2D eigenvalue weighted by Crippen LogP contribution is 1.96. The molecule has 0 aliphatic rings. The molecule has 0 heterocycles. The molecule has 0 spiro atoms. The Morgan fingerprint density at radius 1 is 1.05 bits per heavy atom. The van der Waals surface area contributed by atoms with Crippen LogP contribution in [0.1, 0.15) is 20.8 Å². The number of hydrogen-bond acceptors (Lipinski definition) is 4. The minimum Gasteiger partial charge on any atom is -0.383 e. The van der Waals surface area contributed by atoms with Crippen LogP contribution in [0.2, 0.25) is 0 Å². The molecular formula is C13H28IN5O3. The highest BCUT2D eigenvalue weighted by Gasteiger charge is 2.13. The first-order chi connectivity index (χ1) is 9.78. The molecule has 8 nitrogen and oxygen atoms in total. The molecule has 0 aromatic heterocycles. The molecule has 0 unspecified atom stereocenters. The summed E-state index contributed by atoms with van der Waals surface area (Å²) in [5.74, 6) is 0.0742. The van der Waals surface area contributed by atoms with Crippen molar-refractivity contribution in [3.05, 3.63) is 0 Å². The van der Waals surface area contributed by atoms with Crippen molar-refractivity contribution in [1.29, 1.82) is 0 Å². The summed E-state index contributed by atoms with van der Waals surface area (Å²) in [7, 11) is 3.14. The van der Waals surface area contributed by atoms with Crippen LogP contribution in [0.15, 0.2) is 4.99 Å². The van der Waals surface area contributed by atoms with Crippen molar-refractivity contribution in [3.63, 3.8) is 0 Å². The van der Waals surface area contributed by atoms with Gasteiger partial charge < -0.3 is 26.0 Å². The van der Waals surface area contributed by atoms with Crippen molar-refractivity contribution in [3.8, 4) is 0 Å². The summed E-state index contributed by atoms with van der Waals surface area (Å²) < 4.78 is 4.83. The first-order valence-corrected chi connectivity index (χ1v) is 6.79. The number of hydrogen-bond donors (Lipinski definition) is 4. The largest absolute Gasteiger partial charge is 0.383 e. The van der Waals surface area contributed by atoms with Crippen molar-refractivity contribution >= 4 is 41.8 Å². The number of aliphatic imine (C=N–C) groups is 1. The number of halogens is 1. The Hall–Kier alpha value is -1.10. The fourth-order valence-corrected chi connectivity index (χ4v) is 1.37. The monoisotopic (exact) mass is 429 g/mol. The van der Waals surface area contributed by atoms with Gasteiger partial charge >= 0.3 is 0 Å². The first kappa shape index (κ1) is 23.2. The van der Waals surface area contributed by atoms with Gasteiger partial charge in [-0.25, -0.2) is 0 Å². The zero-order valence-corrected chi connectivity index (χ0v) is 16.2. The second-order valence-corrected chi connectivity index (χ2v) is 5.42. The summed E-state index contributed by atoms with van der Waals surface area (Å²) >= 11 is 0. The van der Waals surface area contributed by atoms with Gasteiger partial charge in [-0.2, -0.15) is 0 Å². The molecule has 0 aromatic rings. The first-order valence-electron chi connectivity index (χ1n) is 6.79. The average Bonchev–Trinajstić information content (AvgIpc) is 2.37. The van der Waals surface area contributed by atoms with Gasteiger partial charge in [-0.05, 0) is 20.8 Å². The van der Waals surface area contributed by atoms with E-state index in [1.165, 1.54) is 0 Å². The molecule has 0 aliphatic heterocycles. The number of rotatable bonds is 7. The molecule has 0 aliphatic carbocycles. The zero-order chi connectivity index (χ0) is 16.3. The average molecular weight is 429 g/mol. The van der Waals surface area contributed by atoms with Gasteiger partial charge in [0.2, 0.25) is 11.8 Å². The number of methoxy groups -OCH3 is 1. The van der Waals surface area contributed by atoms with E-state index in [-0.39, 0.29) is 54.4 Å². The Bertz CT molecular complexity index is 369. The standard InChI is InChI=1S/C13H27N5O3.HI/c1-13(2,3)18-11(20)9-17-12(14-4)16-8-10(19)15-6-7-21-5;/h6-9H2,1-5H3,(H,15,19)(H,18,20)(H2,14,16,17);1H. The Morgan fingerprint density at radius 2 is 1.59 bits per heavy atom. The number of nitrogens with zero attached hydrogens (tertiary/aromatic N) is 1. The molecule has 0 saturated heterocycles. The molecule has 0 aromatic carbocycles. The van der Waals surface area contributed by atoms with Gasteiger partial charge in [0, 0.05) is 26.2 Å². The van der Waals surface area contributed by atoms with Gasteiger partial charge in [-0.3, -0.25) is 14.6 Å². The lowest BCUT2D eigenvalue weighted by Gasteiger charge is -2.21. The highest BCUT2D eigenvalue weighted by molar-refractivity contribution is 14.0. The van der Waals surface area contributed by atoms with E-state index in [0.717, 1.165) is 0 Å². The van der Waals surface area contributed by atoms with E-state index < -0.39 is 0 Å². The van der Waals surface area contributed by atoms with Crippen LogP contribution in [0.3, 0.4) is 0 Å². The minimum atomic E-state index is -0.281. The fourth-order valence-electron chi connectivity index (χ4n) is 1.37. The smallest absolute Gasteiger partial charge is 0.239 e. The summed E-state index contributed by atoms with van der Waals surface area (Å²) in [4.78, 5) is 27.0. The predicted molar refractivity (Wildman–Crippen MR) is 97.6 cm³/mol. The van der Waals surface area contributed by atoms with Crippen LogP contribution < -0.4 is 21.3 Å². The molecule has 0 fully saturated rings. The lowest BCUT2D eigenvalue weighted by atomic mass is 10.1. The van der Waals surface area contributed by atoms with Crippen molar-refractivity contribution in [2.24, 2.45) is 4.99 Å². The number of guanidine groups is 1. The number of nitrogens with one attached hydrogen (secondary N) is 4. The summed E-state index contributed by atoms with van der Waals surface area (Å²) in [6.45, 7) is 6.79. The van der Waals surface area contributed by atoms with Crippen LogP contribution in [0, 0.1) is 0 Å². The molecule has 9 heteroatoms. The van der Waals surface area contributed by atoms with E-state index in [4.69, 9.17) is 4.74 Å². The van der Waals surface area contributed by atoms with Crippen LogP contribution in [-0.4, -0.2) is 63.7 Å². The second kappa shape index (κ2) is 12.4. The van der Waals surface area contributed by atoms with E-state index in [1.54, 1.807) is 14.2 Å². The summed E-state index contributed by atoms with van der Waals surface area (Å²) in [6, 6.07) is 0. The number of amides is 2. The van der Waals surface area contributed by atoms with Gasteiger partial charge in [0.1, 0.15) is 0 Å². The molecule has 0 bridgehead atoms. The number of carbonyl (C=O) groups is 2. The molecule has 22 heavy (non-hydrogen) atoms. The van der Waals surface area contributed by atoms with E-state index in [2.05, 4.69) is 26.3 Å². The van der Waals surface area contributed by atoms with Crippen molar-refractivity contribution in [2.45, 2.75) is 26.3 Å². The van der Waals surface area contributed by atoms with E-state index in [0.29, 0.717) is 19.1 Å². The molecule has 4 N–H and O–H groups in total. The SMILES string of the molecule is CN=C(NCC(=O)NCCOC)NCC(=O)NC(C)(C)C.I. The third kappa shape index (κ3) is 13.9. The summed E-state index contributed by atoms with van der Waals surface area (Å²) in [6.07, 6.45) is 0. The molecule has 0 atom stereocenters. The molecule has 0 saturated carbocycles. The Morgan fingerprint density at radius 3 is 2.05 bits per heavy atom. The van der Waals surface area contributed by atoms with Crippen LogP contribution >= 0.6 is 24.0 Å². The van der Waals surface area contributed by atoms with Gasteiger partial charge in [-0.15, -0.1) is 24.0 Å². The van der Waals surface area contributed by atoms with Crippen LogP contribution in [0.5, 0.6) is 0 Å². The maximum absolute atomic E-state index is 11.6. The molecule has 0 rings (SSSR count). The van der Waals surface area contributed by atoms with Crippen molar-refractivity contribution < 1.29 is 14.3 Å². The molecule has 130 valence electrons. The molecule has 2 amide bonds. The number of carbonyl (C=O) groups excluding carboxylic acids is 2. The quantitative estimate of drug-likeness (QED) is 0.188. The zero-order valence-electron chi connectivity index (χ0n) is 13.9. The van der Waals surface area contributed by atoms with Gasteiger partial charge in [-0.1, -0.05) is 0 Å².